The Morgan fingerprint density at radius 3 is 2.29 bits per heavy atom. The van der Waals surface area contributed by atoms with Gasteiger partial charge in [-0.2, -0.15) is 0 Å². The molecule has 0 saturated carbocycles. The summed E-state index contributed by atoms with van der Waals surface area (Å²) in [6.07, 6.45) is 0. The second-order valence-corrected chi connectivity index (χ2v) is 3.81. The highest BCUT2D eigenvalue weighted by Gasteiger charge is 2.45. The Morgan fingerprint density at radius 2 is 1.93 bits per heavy atom. The highest BCUT2D eigenvalue weighted by atomic mass is 16.5. The van der Waals surface area contributed by atoms with E-state index in [2.05, 4.69) is 0 Å². The monoisotopic (exact) mass is 191 g/mol. The summed E-state index contributed by atoms with van der Waals surface area (Å²) in [7, 11) is 0. The lowest BCUT2D eigenvalue weighted by molar-refractivity contribution is -0.141. The number of primary amides is 1. The molecule has 0 unspecified atom stereocenters. The zero-order valence-corrected chi connectivity index (χ0v) is 8.12. The van der Waals surface area contributed by atoms with Crippen LogP contribution < -0.4 is 5.73 Å². The molecule has 0 radical (unpaired) electrons. The lowest BCUT2D eigenvalue weighted by Gasteiger charge is -2.38. The van der Waals surface area contributed by atoms with E-state index in [1.165, 1.54) is 5.56 Å². The first-order valence-corrected chi connectivity index (χ1v) is 4.60. The molecule has 1 amide bonds. The number of hydrogen-bond donors (Lipinski definition) is 1. The number of nitrogens with two attached hydrogens (primary N) is 1. The molecule has 1 aliphatic rings. The van der Waals surface area contributed by atoms with E-state index in [9.17, 15) is 4.79 Å². The molecule has 3 nitrogen and oxygen atoms in total. The summed E-state index contributed by atoms with van der Waals surface area (Å²) in [4.78, 5) is 11.3. The molecule has 0 aliphatic carbocycles. The smallest absolute Gasteiger partial charge is 0.232 e. The largest absolute Gasteiger partial charge is 0.378 e. The zero-order chi connectivity index (χ0) is 10.2. The van der Waals surface area contributed by atoms with E-state index in [1.807, 2.05) is 31.2 Å². The molecule has 0 atom stereocenters. The van der Waals surface area contributed by atoms with Gasteiger partial charge in [-0.15, -0.1) is 0 Å². The second kappa shape index (κ2) is 3.10. The third-order valence-electron chi connectivity index (χ3n) is 2.77. The highest BCUT2D eigenvalue weighted by molar-refractivity contribution is 5.88. The molecule has 1 aromatic carbocycles. The predicted octanol–water partition coefficient (Wildman–Crippen LogP) is 0.748. The molecule has 1 fully saturated rings. The molecule has 1 heterocycles. The van der Waals surface area contributed by atoms with Crippen LogP contribution in [0.3, 0.4) is 0 Å². The summed E-state index contributed by atoms with van der Waals surface area (Å²) in [6, 6.07) is 7.86. The van der Waals surface area contributed by atoms with Crippen LogP contribution in [0.4, 0.5) is 0 Å². The molecular weight excluding hydrogens is 178 g/mol. The number of aryl methyl sites for hydroxylation is 1. The van der Waals surface area contributed by atoms with Gasteiger partial charge in [-0.25, -0.2) is 0 Å². The van der Waals surface area contributed by atoms with Crippen LogP contribution in [-0.2, 0) is 14.9 Å². The number of rotatable bonds is 2. The zero-order valence-electron chi connectivity index (χ0n) is 8.12. The van der Waals surface area contributed by atoms with Crippen LogP contribution in [0.2, 0.25) is 0 Å². The molecule has 1 aromatic rings. The van der Waals surface area contributed by atoms with Crippen LogP contribution in [0, 0.1) is 6.92 Å². The summed E-state index contributed by atoms with van der Waals surface area (Å²) in [5.41, 5.74) is 6.94. The van der Waals surface area contributed by atoms with E-state index in [0.29, 0.717) is 13.2 Å². The number of carbonyl (C=O) groups is 1. The molecule has 3 heteroatoms. The molecule has 2 rings (SSSR count). The Hall–Kier alpha value is -1.35. The van der Waals surface area contributed by atoms with Crippen molar-refractivity contribution in [1.82, 2.24) is 0 Å². The summed E-state index contributed by atoms with van der Waals surface area (Å²) >= 11 is 0. The van der Waals surface area contributed by atoms with Crippen molar-refractivity contribution in [2.45, 2.75) is 12.3 Å². The first-order valence-electron chi connectivity index (χ1n) is 4.60. The van der Waals surface area contributed by atoms with E-state index < -0.39 is 5.41 Å². The number of hydrogen-bond acceptors (Lipinski definition) is 2. The van der Waals surface area contributed by atoms with Crippen LogP contribution in [0.15, 0.2) is 24.3 Å². The molecule has 14 heavy (non-hydrogen) atoms. The van der Waals surface area contributed by atoms with Crippen molar-refractivity contribution in [3.8, 4) is 0 Å². The minimum Gasteiger partial charge on any atom is -0.378 e. The molecule has 0 aromatic heterocycles. The standard InChI is InChI=1S/C11H13NO2/c1-8-2-4-9(5-3-8)11(10(12)13)6-14-7-11/h2-5H,6-7H2,1H3,(H2,12,13). The van der Waals surface area contributed by atoms with Gasteiger partial charge in [0, 0.05) is 0 Å². The van der Waals surface area contributed by atoms with Gasteiger partial charge < -0.3 is 10.5 Å². The van der Waals surface area contributed by atoms with E-state index in [0.717, 1.165) is 5.56 Å². The van der Waals surface area contributed by atoms with Crippen molar-refractivity contribution in [2.24, 2.45) is 5.73 Å². The molecule has 1 aliphatic heterocycles. The lowest BCUT2D eigenvalue weighted by Crippen LogP contribution is -2.56. The minimum absolute atomic E-state index is 0.299. The Labute approximate surface area is 82.9 Å². The van der Waals surface area contributed by atoms with Gasteiger partial charge in [0.2, 0.25) is 5.91 Å². The maximum Gasteiger partial charge on any atom is 0.232 e. The average molecular weight is 191 g/mol. The second-order valence-electron chi connectivity index (χ2n) is 3.81. The number of benzene rings is 1. The van der Waals surface area contributed by atoms with Crippen LogP contribution in [0.1, 0.15) is 11.1 Å². The van der Waals surface area contributed by atoms with Gasteiger partial charge in [-0.3, -0.25) is 4.79 Å². The van der Waals surface area contributed by atoms with Gasteiger partial charge in [-0.05, 0) is 12.5 Å². The van der Waals surface area contributed by atoms with E-state index in [4.69, 9.17) is 10.5 Å². The van der Waals surface area contributed by atoms with Crippen molar-refractivity contribution >= 4 is 5.91 Å². The molecule has 0 spiro atoms. The summed E-state index contributed by atoms with van der Waals surface area (Å²) in [6.45, 7) is 2.83. The van der Waals surface area contributed by atoms with Gasteiger partial charge in [0.1, 0.15) is 5.41 Å². The normalized spacial score (nSPS) is 18.6. The maximum absolute atomic E-state index is 11.3. The SMILES string of the molecule is Cc1ccc(C2(C(N)=O)COC2)cc1. The van der Waals surface area contributed by atoms with Crippen molar-refractivity contribution in [2.75, 3.05) is 13.2 Å². The fourth-order valence-corrected chi connectivity index (χ4v) is 1.63. The Balaban J connectivity index is 2.37. The van der Waals surface area contributed by atoms with Crippen molar-refractivity contribution in [3.63, 3.8) is 0 Å². The van der Waals surface area contributed by atoms with E-state index >= 15 is 0 Å². The van der Waals surface area contributed by atoms with Crippen LogP contribution in [0.5, 0.6) is 0 Å². The van der Waals surface area contributed by atoms with Crippen LogP contribution >= 0.6 is 0 Å². The van der Waals surface area contributed by atoms with Crippen molar-refractivity contribution in [3.05, 3.63) is 35.4 Å². The van der Waals surface area contributed by atoms with Gasteiger partial charge in [0.05, 0.1) is 13.2 Å². The quantitative estimate of drug-likeness (QED) is 0.750. The average Bonchev–Trinajstić information content (AvgIpc) is 2.05. The highest BCUT2D eigenvalue weighted by Crippen LogP contribution is 2.32. The van der Waals surface area contributed by atoms with Gasteiger partial charge in [0.15, 0.2) is 0 Å². The maximum atomic E-state index is 11.3. The molecule has 0 bridgehead atoms. The fourth-order valence-electron chi connectivity index (χ4n) is 1.63. The Bertz CT molecular complexity index is 352. The fraction of sp³-hybridized carbons (Fsp3) is 0.364. The first-order chi connectivity index (χ1) is 6.65. The Kier molecular flexibility index (Phi) is 2.04. The molecular formula is C11H13NO2. The van der Waals surface area contributed by atoms with Gasteiger partial charge >= 0.3 is 0 Å². The third-order valence-corrected chi connectivity index (χ3v) is 2.77. The molecule has 1 saturated heterocycles. The van der Waals surface area contributed by atoms with Crippen LogP contribution in [-0.4, -0.2) is 19.1 Å². The van der Waals surface area contributed by atoms with Crippen LogP contribution in [0.25, 0.3) is 0 Å². The van der Waals surface area contributed by atoms with E-state index in [-0.39, 0.29) is 5.91 Å². The minimum atomic E-state index is -0.576. The van der Waals surface area contributed by atoms with E-state index in [1.54, 1.807) is 0 Å². The summed E-state index contributed by atoms with van der Waals surface area (Å²) < 4.78 is 5.08. The number of amides is 1. The predicted molar refractivity (Wildman–Crippen MR) is 52.9 cm³/mol. The van der Waals surface area contributed by atoms with Gasteiger partial charge in [0.25, 0.3) is 0 Å². The van der Waals surface area contributed by atoms with Gasteiger partial charge in [-0.1, -0.05) is 29.8 Å². The lowest BCUT2D eigenvalue weighted by atomic mass is 9.78. The van der Waals surface area contributed by atoms with Crippen molar-refractivity contribution in [1.29, 1.82) is 0 Å². The Morgan fingerprint density at radius 1 is 1.36 bits per heavy atom. The molecule has 74 valence electrons. The summed E-state index contributed by atoms with van der Waals surface area (Å²) in [5.74, 6) is -0.299. The van der Waals surface area contributed by atoms with Crippen molar-refractivity contribution < 1.29 is 9.53 Å². The first kappa shape index (κ1) is 9.21. The topological polar surface area (TPSA) is 52.3 Å². The summed E-state index contributed by atoms with van der Waals surface area (Å²) in [5, 5.41) is 0. The number of ether oxygens (including phenoxy) is 1. The molecule has 2 N–H and O–H groups in total. The number of carbonyl (C=O) groups excluding carboxylic acids is 1. The third kappa shape index (κ3) is 1.21.